The van der Waals surface area contributed by atoms with Crippen molar-refractivity contribution < 1.29 is 4.79 Å². The molecule has 88 valence electrons. The van der Waals surface area contributed by atoms with Crippen molar-refractivity contribution in [1.29, 1.82) is 0 Å². The van der Waals surface area contributed by atoms with Gasteiger partial charge in [0.1, 0.15) is 0 Å². The van der Waals surface area contributed by atoms with Crippen molar-refractivity contribution in [3.8, 4) is 0 Å². The number of amides is 1. The zero-order chi connectivity index (χ0) is 11.5. The lowest BCUT2D eigenvalue weighted by molar-refractivity contribution is 0.0600. The van der Waals surface area contributed by atoms with Gasteiger partial charge in [-0.25, -0.2) is 0 Å². The minimum Gasteiger partial charge on any atom is -0.335 e. The van der Waals surface area contributed by atoms with Gasteiger partial charge in [0.15, 0.2) is 0 Å². The predicted octanol–water partition coefficient (Wildman–Crippen LogP) is 1.91. The summed E-state index contributed by atoms with van der Waals surface area (Å²) in [4.78, 5) is 17.3. The molecule has 1 aliphatic rings. The van der Waals surface area contributed by atoms with Crippen LogP contribution in [0.4, 0.5) is 0 Å². The number of nitrogens with zero attached hydrogens (tertiary/aromatic N) is 2. The van der Waals surface area contributed by atoms with Gasteiger partial charge in [0.05, 0.1) is 4.88 Å². The maximum atomic E-state index is 12.1. The zero-order valence-electron chi connectivity index (χ0n) is 9.85. The highest BCUT2D eigenvalue weighted by atomic mass is 32.1. The van der Waals surface area contributed by atoms with E-state index in [-0.39, 0.29) is 5.91 Å². The van der Waals surface area contributed by atoms with Gasteiger partial charge in [-0.2, -0.15) is 0 Å². The molecule has 0 aliphatic carbocycles. The molecule has 2 rings (SSSR count). The van der Waals surface area contributed by atoms with Crippen molar-refractivity contribution in [2.24, 2.45) is 0 Å². The molecule has 0 unspecified atom stereocenters. The number of rotatable bonds is 2. The second-order valence-electron chi connectivity index (χ2n) is 4.40. The molecule has 2 heterocycles. The summed E-state index contributed by atoms with van der Waals surface area (Å²) in [6.45, 7) is 8.11. The van der Waals surface area contributed by atoms with Crippen LogP contribution in [0.3, 0.4) is 0 Å². The van der Waals surface area contributed by atoms with Crippen molar-refractivity contribution in [2.75, 3.05) is 26.2 Å². The SMILES string of the molecule is CC(C)N1CCN(C(=O)c2cccs2)CC1. The third-order valence-corrected chi connectivity index (χ3v) is 3.92. The molecular formula is C12H18N2OS. The maximum Gasteiger partial charge on any atom is 0.264 e. The Hall–Kier alpha value is -0.870. The predicted molar refractivity (Wildman–Crippen MR) is 66.9 cm³/mol. The summed E-state index contributed by atoms with van der Waals surface area (Å²) >= 11 is 1.53. The van der Waals surface area contributed by atoms with Crippen molar-refractivity contribution in [2.45, 2.75) is 19.9 Å². The molecule has 1 aromatic heterocycles. The Morgan fingerprint density at radius 1 is 1.31 bits per heavy atom. The first-order valence-corrected chi connectivity index (χ1v) is 6.63. The molecule has 1 aliphatic heterocycles. The second kappa shape index (κ2) is 4.97. The number of thiophene rings is 1. The lowest BCUT2D eigenvalue weighted by Gasteiger charge is -2.36. The van der Waals surface area contributed by atoms with Crippen LogP contribution in [-0.4, -0.2) is 47.9 Å². The Kier molecular flexibility index (Phi) is 3.61. The van der Waals surface area contributed by atoms with Gasteiger partial charge < -0.3 is 4.90 Å². The van der Waals surface area contributed by atoms with E-state index < -0.39 is 0 Å². The van der Waals surface area contributed by atoms with Gasteiger partial charge in [0.2, 0.25) is 0 Å². The second-order valence-corrected chi connectivity index (χ2v) is 5.35. The molecule has 4 heteroatoms. The van der Waals surface area contributed by atoms with Gasteiger partial charge in [0.25, 0.3) is 5.91 Å². The van der Waals surface area contributed by atoms with Crippen LogP contribution < -0.4 is 0 Å². The molecule has 0 aromatic carbocycles. The van der Waals surface area contributed by atoms with E-state index in [1.807, 2.05) is 22.4 Å². The van der Waals surface area contributed by atoms with Crippen molar-refractivity contribution in [1.82, 2.24) is 9.80 Å². The van der Waals surface area contributed by atoms with Gasteiger partial charge in [-0.1, -0.05) is 6.07 Å². The molecule has 1 amide bonds. The van der Waals surface area contributed by atoms with E-state index >= 15 is 0 Å². The number of carbonyl (C=O) groups is 1. The minimum atomic E-state index is 0.193. The quantitative estimate of drug-likeness (QED) is 0.786. The molecular weight excluding hydrogens is 220 g/mol. The van der Waals surface area contributed by atoms with Crippen molar-refractivity contribution in [3.63, 3.8) is 0 Å². The molecule has 1 fully saturated rings. The molecule has 0 spiro atoms. The fraction of sp³-hybridized carbons (Fsp3) is 0.583. The van der Waals surface area contributed by atoms with E-state index in [2.05, 4.69) is 18.7 Å². The number of carbonyl (C=O) groups excluding carboxylic acids is 1. The molecule has 3 nitrogen and oxygen atoms in total. The molecule has 0 radical (unpaired) electrons. The lowest BCUT2D eigenvalue weighted by Crippen LogP contribution is -2.50. The third kappa shape index (κ3) is 2.44. The average Bonchev–Trinajstić information content (AvgIpc) is 2.81. The summed E-state index contributed by atoms with van der Waals surface area (Å²) in [5.41, 5.74) is 0. The molecule has 16 heavy (non-hydrogen) atoms. The maximum absolute atomic E-state index is 12.1. The fourth-order valence-electron chi connectivity index (χ4n) is 2.00. The van der Waals surface area contributed by atoms with E-state index in [0.717, 1.165) is 31.1 Å². The van der Waals surface area contributed by atoms with E-state index in [1.54, 1.807) is 0 Å². The first-order valence-electron chi connectivity index (χ1n) is 5.75. The van der Waals surface area contributed by atoms with Crippen LogP contribution in [0, 0.1) is 0 Å². The topological polar surface area (TPSA) is 23.6 Å². The van der Waals surface area contributed by atoms with Gasteiger partial charge >= 0.3 is 0 Å². The summed E-state index contributed by atoms with van der Waals surface area (Å²) in [6, 6.07) is 4.42. The first-order chi connectivity index (χ1) is 7.68. The lowest BCUT2D eigenvalue weighted by atomic mass is 10.2. The highest BCUT2D eigenvalue weighted by molar-refractivity contribution is 7.12. The van der Waals surface area contributed by atoms with Crippen LogP contribution in [0.5, 0.6) is 0 Å². The standard InChI is InChI=1S/C12H18N2OS/c1-10(2)13-5-7-14(8-6-13)12(15)11-4-3-9-16-11/h3-4,9-10H,5-8H2,1-2H3. The Bertz CT molecular complexity index is 340. The van der Waals surface area contributed by atoms with Crippen LogP contribution in [0.1, 0.15) is 23.5 Å². The number of hydrogen-bond acceptors (Lipinski definition) is 3. The summed E-state index contributed by atoms with van der Waals surface area (Å²) in [6.07, 6.45) is 0. The van der Waals surface area contributed by atoms with Gasteiger partial charge in [0, 0.05) is 32.2 Å². The van der Waals surface area contributed by atoms with E-state index in [4.69, 9.17) is 0 Å². The summed E-state index contributed by atoms with van der Waals surface area (Å²) in [5.74, 6) is 0.193. The van der Waals surface area contributed by atoms with E-state index in [9.17, 15) is 4.79 Å². The molecule has 1 saturated heterocycles. The highest BCUT2D eigenvalue weighted by Crippen LogP contribution is 2.14. The first kappa shape index (κ1) is 11.6. The van der Waals surface area contributed by atoms with Crippen LogP contribution in [0.15, 0.2) is 17.5 Å². The third-order valence-electron chi connectivity index (χ3n) is 3.06. The number of hydrogen-bond donors (Lipinski definition) is 0. The minimum absolute atomic E-state index is 0.193. The van der Waals surface area contributed by atoms with Crippen LogP contribution in [0.2, 0.25) is 0 Å². The Labute approximate surface area is 101 Å². The molecule has 0 N–H and O–H groups in total. The highest BCUT2D eigenvalue weighted by Gasteiger charge is 2.23. The van der Waals surface area contributed by atoms with Gasteiger partial charge in [-0.05, 0) is 25.3 Å². The summed E-state index contributed by atoms with van der Waals surface area (Å²) in [7, 11) is 0. The van der Waals surface area contributed by atoms with Crippen molar-refractivity contribution >= 4 is 17.2 Å². The Morgan fingerprint density at radius 2 is 2.00 bits per heavy atom. The molecule has 0 atom stereocenters. The Morgan fingerprint density at radius 3 is 2.50 bits per heavy atom. The monoisotopic (exact) mass is 238 g/mol. The molecule has 1 aromatic rings. The van der Waals surface area contributed by atoms with E-state index in [1.165, 1.54) is 11.3 Å². The largest absolute Gasteiger partial charge is 0.335 e. The average molecular weight is 238 g/mol. The smallest absolute Gasteiger partial charge is 0.264 e. The van der Waals surface area contributed by atoms with Gasteiger partial charge in [-0.15, -0.1) is 11.3 Å². The zero-order valence-corrected chi connectivity index (χ0v) is 10.7. The van der Waals surface area contributed by atoms with Crippen LogP contribution in [0.25, 0.3) is 0 Å². The summed E-state index contributed by atoms with van der Waals surface area (Å²) in [5, 5.41) is 1.96. The van der Waals surface area contributed by atoms with Crippen LogP contribution in [-0.2, 0) is 0 Å². The van der Waals surface area contributed by atoms with Gasteiger partial charge in [-0.3, -0.25) is 9.69 Å². The van der Waals surface area contributed by atoms with Crippen molar-refractivity contribution in [3.05, 3.63) is 22.4 Å². The summed E-state index contributed by atoms with van der Waals surface area (Å²) < 4.78 is 0. The molecule has 0 saturated carbocycles. The normalized spacial score (nSPS) is 18.1. The molecule has 0 bridgehead atoms. The van der Waals surface area contributed by atoms with E-state index in [0.29, 0.717) is 6.04 Å². The van der Waals surface area contributed by atoms with Crippen LogP contribution >= 0.6 is 11.3 Å². The Balaban J connectivity index is 1.92. The fourth-order valence-corrected chi connectivity index (χ4v) is 2.69. The number of piperazine rings is 1.